The molecule has 4 rings (SSSR count). The van der Waals surface area contributed by atoms with Gasteiger partial charge in [0.2, 0.25) is 11.8 Å². The van der Waals surface area contributed by atoms with E-state index in [1.54, 1.807) is 29.2 Å². The minimum Gasteiger partial charge on any atom is -0.352 e. The van der Waals surface area contributed by atoms with Gasteiger partial charge in [0.05, 0.1) is 11.1 Å². The Labute approximate surface area is 219 Å². The molecule has 7 heteroatoms. The molecule has 4 amide bonds. The summed E-state index contributed by atoms with van der Waals surface area (Å²) in [5, 5.41) is 3.19. The van der Waals surface area contributed by atoms with Crippen LogP contribution in [0.3, 0.4) is 0 Å². The molecule has 1 aliphatic heterocycles. The molecule has 0 saturated heterocycles. The largest absolute Gasteiger partial charge is 0.352 e. The average molecular weight is 504 g/mol. The van der Waals surface area contributed by atoms with E-state index in [0.29, 0.717) is 30.5 Å². The number of nitrogens with one attached hydrogen (secondary N) is 1. The summed E-state index contributed by atoms with van der Waals surface area (Å²) in [5.74, 6) is -0.884. The van der Waals surface area contributed by atoms with Crippen molar-refractivity contribution in [1.82, 2.24) is 15.1 Å². The number of imide groups is 1. The normalized spacial score (nSPS) is 16.4. The maximum absolute atomic E-state index is 13.5. The van der Waals surface area contributed by atoms with Crippen LogP contribution in [-0.2, 0) is 16.1 Å². The molecule has 1 saturated carbocycles. The van der Waals surface area contributed by atoms with Crippen LogP contribution < -0.4 is 5.32 Å². The van der Waals surface area contributed by atoms with Crippen molar-refractivity contribution >= 4 is 23.6 Å². The summed E-state index contributed by atoms with van der Waals surface area (Å²) in [7, 11) is 0. The molecule has 37 heavy (non-hydrogen) atoms. The van der Waals surface area contributed by atoms with E-state index in [4.69, 9.17) is 0 Å². The Morgan fingerprint density at radius 3 is 2.30 bits per heavy atom. The number of nitrogens with zero attached hydrogens (tertiary/aromatic N) is 2. The Bertz CT molecular complexity index is 1120. The minimum absolute atomic E-state index is 0.101. The fourth-order valence-electron chi connectivity index (χ4n) is 5.45. The molecule has 0 spiro atoms. The van der Waals surface area contributed by atoms with Gasteiger partial charge >= 0.3 is 0 Å². The van der Waals surface area contributed by atoms with Crippen molar-refractivity contribution in [3.8, 4) is 0 Å². The van der Waals surface area contributed by atoms with Crippen LogP contribution >= 0.6 is 0 Å². The van der Waals surface area contributed by atoms with Crippen molar-refractivity contribution in [2.24, 2.45) is 0 Å². The minimum atomic E-state index is -0.575. The summed E-state index contributed by atoms with van der Waals surface area (Å²) in [6.45, 7) is 4.44. The molecule has 2 aliphatic rings. The number of hydrogen-bond acceptors (Lipinski definition) is 4. The standard InChI is InChI=1S/C30H37N3O4/c1-3-26(28(35)31-23-13-5-4-6-14-23)33(20-22-12-9-11-21(2)19-22)27(34)17-10-18-32-29(36)24-15-7-8-16-25(24)30(32)37/h7-9,11-12,15-16,19,23,26H,3-6,10,13-14,17-18,20H2,1-2H3,(H,31,35)/t26-/m1/s1. The third kappa shape index (κ3) is 6.27. The summed E-state index contributed by atoms with van der Waals surface area (Å²) in [4.78, 5) is 55.1. The number of carbonyl (C=O) groups excluding carboxylic acids is 4. The molecule has 2 aromatic rings. The van der Waals surface area contributed by atoms with E-state index in [1.165, 1.54) is 11.3 Å². The van der Waals surface area contributed by atoms with Crippen LogP contribution in [0.2, 0.25) is 0 Å². The van der Waals surface area contributed by atoms with Crippen LogP contribution in [0, 0.1) is 6.92 Å². The number of fused-ring (bicyclic) bond motifs is 1. The lowest BCUT2D eigenvalue weighted by molar-refractivity contribution is -0.142. The molecule has 1 N–H and O–H groups in total. The van der Waals surface area contributed by atoms with Crippen LogP contribution in [-0.4, -0.2) is 52.1 Å². The highest BCUT2D eigenvalue weighted by Crippen LogP contribution is 2.23. The lowest BCUT2D eigenvalue weighted by Gasteiger charge is -2.33. The first kappa shape index (κ1) is 26.6. The number of benzene rings is 2. The van der Waals surface area contributed by atoms with Crippen LogP contribution in [0.5, 0.6) is 0 Å². The van der Waals surface area contributed by atoms with Crippen LogP contribution in [0.4, 0.5) is 0 Å². The summed E-state index contributed by atoms with van der Waals surface area (Å²) < 4.78 is 0. The average Bonchev–Trinajstić information content (AvgIpc) is 3.14. The van der Waals surface area contributed by atoms with E-state index in [-0.39, 0.29) is 42.6 Å². The molecule has 1 fully saturated rings. The van der Waals surface area contributed by atoms with Crippen LogP contribution in [0.1, 0.15) is 90.1 Å². The maximum Gasteiger partial charge on any atom is 0.261 e. The van der Waals surface area contributed by atoms with E-state index >= 15 is 0 Å². The van der Waals surface area contributed by atoms with Crippen molar-refractivity contribution in [3.05, 3.63) is 70.8 Å². The smallest absolute Gasteiger partial charge is 0.261 e. The number of aryl methyl sites for hydroxylation is 1. The fourth-order valence-corrected chi connectivity index (χ4v) is 5.45. The Balaban J connectivity index is 1.44. The van der Waals surface area contributed by atoms with Crippen molar-refractivity contribution in [1.29, 1.82) is 0 Å². The quantitative estimate of drug-likeness (QED) is 0.479. The lowest BCUT2D eigenvalue weighted by Crippen LogP contribution is -2.51. The van der Waals surface area contributed by atoms with Gasteiger partial charge in [-0.2, -0.15) is 0 Å². The van der Waals surface area contributed by atoms with Gasteiger partial charge in [-0.05, 0) is 50.3 Å². The summed E-state index contributed by atoms with van der Waals surface area (Å²) in [6, 6.07) is 14.3. The van der Waals surface area contributed by atoms with E-state index in [2.05, 4.69) is 5.32 Å². The third-order valence-corrected chi connectivity index (χ3v) is 7.42. The first-order valence-corrected chi connectivity index (χ1v) is 13.5. The van der Waals surface area contributed by atoms with Gasteiger partial charge < -0.3 is 10.2 Å². The first-order valence-electron chi connectivity index (χ1n) is 13.5. The third-order valence-electron chi connectivity index (χ3n) is 7.42. The Hall–Kier alpha value is -3.48. The van der Waals surface area contributed by atoms with Crippen molar-refractivity contribution in [3.63, 3.8) is 0 Å². The number of rotatable bonds is 10. The first-order chi connectivity index (χ1) is 17.9. The second kappa shape index (κ2) is 12.2. The molecule has 0 aromatic heterocycles. The Morgan fingerprint density at radius 1 is 1.00 bits per heavy atom. The van der Waals surface area contributed by atoms with Crippen molar-refractivity contribution < 1.29 is 19.2 Å². The van der Waals surface area contributed by atoms with Gasteiger partial charge in [-0.3, -0.25) is 24.1 Å². The predicted octanol–water partition coefficient (Wildman–Crippen LogP) is 4.63. The van der Waals surface area contributed by atoms with E-state index < -0.39 is 6.04 Å². The summed E-state index contributed by atoms with van der Waals surface area (Å²) in [5.41, 5.74) is 2.88. The number of carbonyl (C=O) groups is 4. The second-order valence-corrected chi connectivity index (χ2v) is 10.2. The van der Waals surface area contributed by atoms with Crippen LogP contribution in [0.15, 0.2) is 48.5 Å². The molecule has 1 atom stereocenters. The lowest BCUT2D eigenvalue weighted by atomic mass is 9.95. The molecular weight excluding hydrogens is 466 g/mol. The van der Waals surface area contributed by atoms with Crippen molar-refractivity contribution in [2.45, 2.75) is 83.8 Å². The number of hydrogen-bond donors (Lipinski definition) is 1. The zero-order chi connectivity index (χ0) is 26.4. The molecular formula is C30H37N3O4. The van der Waals surface area contributed by atoms with E-state index in [0.717, 1.165) is 36.8 Å². The monoisotopic (exact) mass is 503 g/mol. The topological polar surface area (TPSA) is 86.8 Å². The molecule has 2 aromatic carbocycles. The molecule has 1 aliphatic carbocycles. The summed E-state index contributed by atoms with van der Waals surface area (Å²) in [6.07, 6.45) is 6.39. The fraction of sp³-hybridized carbons (Fsp3) is 0.467. The zero-order valence-corrected chi connectivity index (χ0v) is 21.9. The number of amides is 4. The predicted molar refractivity (Wildman–Crippen MR) is 142 cm³/mol. The van der Waals surface area contributed by atoms with Gasteiger partial charge in [-0.1, -0.05) is 68.1 Å². The van der Waals surface area contributed by atoms with E-state index in [9.17, 15) is 19.2 Å². The second-order valence-electron chi connectivity index (χ2n) is 10.2. The summed E-state index contributed by atoms with van der Waals surface area (Å²) >= 11 is 0. The molecule has 7 nitrogen and oxygen atoms in total. The van der Waals surface area contributed by atoms with Gasteiger partial charge in [0.25, 0.3) is 11.8 Å². The molecule has 0 unspecified atom stereocenters. The van der Waals surface area contributed by atoms with Gasteiger partial charge in [0, 0.05) is 25.6 Å². The Morgan fingerprint density at radius 2 is 1.68 bits per heavy atom. The van der Waals surface area contributed by atoms with Gasteiger partial charge in [-0.15, -0.1) is 0 Å². The zero-order valence-electron chi connectivity index (χ0n) is 21.9. The highest BCUT2D eigenvalue weighted by Gasteiger charge is 2.35. The van der Waals surface area contributed by atoms with Gasteiger partial charge in [-0.25, -0.2) is 0 Å². The highest BCUT2D eigenvalue weighted by molar-refractivity contribution is 6.21. The SMILES string of the molecule is CC[C@H](C(=O)NC1CCCCC1)N(Cc1cccc(C)c1)C(=O)CCCN1C(=O)c2ccccc2C1=O. The molecule has 196 valence electrons. The van der Waals surface area contributed by atoms with Crippen molar-refractivity contribution in [2.75, 3.05) is 6.54 Å². The molecule has 0 radical (unpaired) electrons. The van der Waals surface area contributed by atoms with Gasteiger partial charge in [0.1, 0.15) is 6.04 Å². The van der Waals surface area contributed by atoms with Gasteiger partial charge in [0.15, 0.2) is 0 Å². The molecule has 1 heterocycles. The molecule has 0 bridgehead atoms. The maximum atomic E-state index is 13.5. The Kier molecular flexibility index (Phi) is 8.74. The highest BCUT2D eigenvalue weighted by atomic mass is 16.2. The van der Waals surface area contributed by atoms with Crippen LogP contribution in [0.25, 0.3) is 0 Å². The van der Waals surface area contributed by atoms with E-state index in [1.807, 2.05) is 38.1 Å².